The fourth-order valence-corrected chi connectivity index (χ4v) is 4.09. The number of ether oxygens (including phenoxy) is 1. The number of rotatable bonds is 4. The van der Waals surface area contributed by atoms with Crippen LogP contribution < -0.4 is 10.3 Å². The van der Waals surface area contributed by atoms with Crippen molar-refractivity contribution in [3.8, 4) is 5.75 Å². The monoisotopic (exact) mass is 396 g/mol. The summed E-state index contributed by atoms with van der Waals surface area (Å²) in [7, 11) is 0. The highest BCUT2D eigenvalue weighted by Crippen LogP contribution is 2.28. The molecule has 0 unspecified atom stereocenters. The molecule has 1 aliphatic heterocycles. The van der Waals surface area contributed by atoms with Gasteiger partial charge in [-0.1, -0.05) is 29.8 Å². The third-order valence-electron chi connectivity index (χ3n) is 5.58. The van der Waals surface area contributed by atoms with E-state index in [0.717, 1.165) is 65.1 Å². The molecule has 0 bridgehead atoms. The number of nitrogens with one attached hydrogen (secondary N) is 1. The maximum Gasteiger partial charge on any atom is 0.255 e. The van der Waals surface area contributed by atoms with Gasteiger partial charge in [0.05, 0.1) is 0 Å². The van der Waals surface area contributed by atoms with Gasteiger partial charge in [0.2, 0.25) is 0 Å². The lowest BCUT2D eigenvalue weighted by molar-refractivity contribution is 0.0964. The van der Waals surface area contributed by atoms with Crippen molar-refractivity contribution in [2.45, 2.75) is 39.3 Å². The van der Waals surface area contributed by atoms with Crippen molar-refractivity contribution < 1.29 is 4.74 Å². The quantitative estimate of drug-likeness (QED) is 0.686. The number of pyridine rings is 1. The average molecular weight is 397 g/mol. The fourth-order valence-electron chi connectivity index (χ4n) is 3.89. The van der Waals surface area contributed by atoms with Crippen LogP contribution in [0, 0.1) is 13.8 Å². The zero-order chi connectivity index (χ0) is 19.7. The Kier molecular flexibility index (Phi) is 5.42. The largest absolute Gasteiger partial charge is 0.490 e. The van der Waals surface area contributed by atoms with Crippen LogP contribution in [0.1, 0.15) is 29.5 Å². The van der Waals surface area contributed by atoms with E-state index in [0.29, 0.717) is 0 Å². The van der Waals surface area contributed by atoms with Gasteiger partial charge in [-0.25, -0.2) is 0 Å². The van der Waals surface area contributed by atoms with Gasteiger partial charge in [0.1, 0.15) is 11.9 Å². The van der Waals surface area contributed by atoms with Gasteiger partial charge in [-0.2, -0.15) is 0 Å². The molecule has 0 atom stereocenters. The zero-order valence-electron chi connectivity index (χ0n) is 16.3. The topological polar surface area (TPSA) is 45.3 Å². The normalized spacial score (nSPS) is 15.8. The molecule has 1 saturated heterocycles. The maximum absolute atomic E-state index is 12.1. The van der Waals surface area contributed by atoms with E-state index in [2.05, 4.69) is 16.0 Å². The first-order valence-corrected chi connectivity index (χ1v) is 10.1. The molecule has 2 heterocycles. The van der Waals surface area contributed by atoms with E-state index >= 15 is 0 Å². The molecule has 3 aromatic rings. The second-order valence-corrected chi connectivity index (χ2v) is 8.06. The number of fused-ring (bicyclic) bond motifs is 1. The molecule has 4 nitrogen and oxygen atoms in total. The van der Waals surface area contributed by atoms with Crippen LogP contribution in [0.3, 0.4) is 0 Å². The molecule has 5 heteroatoms. The van der Waals surface area contributed by atoms with Crippen LogP contribution in [0.25, 0.3) is 10.8 Å². The minimum Gasteiger partial charge on any atom is -0.490 e. The summed E-state index contributed by atoms with van der Waals surface area (Å²) in [5.74, 6) is 0.880. The van der Waals surface area contributed by atoms with Crippen molar-refractivity contribution in [3.05, 3.63) is 74.7 Å². The summed E-state index contributed by atoms with van der Waals surface area (Å²) in [6, 6.07) is 12.0. The van der Waals surface area contributed by atoms with Crippen LogP contribution in [0.2, 0.25) is 5.02 Å². The lowest BCUT2D eigenvalue weighted by Gasteiger charge is -2.32. The molecule has 2 aromatic carbocycles. The third kappa shape index (κ3) is 3.94. The SMILES string of the molecule is Cc1cc2c(=O)[nH]cc(C)c2cc1OC1CCN(Cc2ccccc2Cl)CC1. The first kappa shape index (κ1) is 19.0. The maximum atomic E-state index is 12.1. The number of hydrogen-bond donors (Lipinski definition) is 1. The van der Waals surface area contributed by atoms with E-state index in [4.69, 9.17) is 16.3 Å². The summed E-state index contributed by atoms with van der Waals surface area (Å²) in [6.07, 6.45) is 3.92. The summed E-state index contributed by atoms with van der Waals surface area (Å²) in [5, 5.41) is 2.51. The van der Waals surface area contributed by atoms with Crippen LogP contribution >= 0.6 is 11.6 Å². The Hall–Kier alpha value is -2.30. The van der Waals surface area contributed by atoms with Crippen molar-refractivity contribution >= 4 is 22.4 Å². The smallest absolute Gasteiger partial charge is 0.255 e. The number of likely N-dealkylation sites (tertiary alicyclic amines) is 1. The Balaban J connectivity index is 1.44. The van der Waals surface area contributed by atoms with Gasteiger partial charge in [-0.3, -0.25) is 9.69 Å². The fraction of sp³-hybridized carbons (Fsp3) is 0.348. The standard InChI is InChI=1S/C23H25ClN2O2/c1-15-11-20-19(16(2)13-25-23(20)27)12-22(15)28-18-7-9-26(10-8-18)14-17-5-3-4-6-21(17)24/h3-6,11-13,18H,7-10,14H2,1-2H3,(H,25,27). The zero-order valence-corrected chi connectivity index (χ0v) is 17.1. The molecule has 1 aromatic heterocycles. The van der Waals surface area contributed by atoms with Crippen molar-refractivity contribution in [1.29, 1.82) is 0 Å². The molecule has 1 N–H and O–H groups in total. The lowest BCUT2D eigenvalue weighted by Crippen LogP contribution is -2.37. The highest BCUT2D eigenvalue weighted by molar-refractivity contribution is 6.31. The molecule has 1 fully saturated rings. The highest BCUT2D eigenvalue weighted by Gasteiger charge is 2.22. The van der Waals surface area contributed by atoms with Crippen molar-refractivity contribution in [2.75, 3.05) is 13.1 Å². The van der Waals surface area contributed by atoms with Gasteiger partial charge >= 0.3 is 0 Å². The van der Waals surface area contributed by atoms with Gasteiger partial charge in [-0.05, 0) is 67.0 Å². The molecule has 0 spiro atoms. The number of benzene rings is 2. The summed E-state index contributed by atoms with van der Waals surface area (Å²) in [4.78, 5) is 17.3. The van der Waals surface area contributed by atoms with Crippen LogP contribution in [0.4, 0.5) is 0 Å². The molecule has 146 valence electrons. The van der Waals surface area contributed by atoms with E-state index in [1.165, 1.54) is 5.56 Å². The first-order valence-electron chi connectivity index (χ1n) is 9.76. The number of aromatic nitrogens is 1. The van der Waals surface area contributed by atoms with Crippen LogP contribution in [0.15, 0.2) is 47.4 Å². The number of aryl methyl sites for hydroxylation is 2. The molecule has 0 amide bonds. The predicted octanol–water partition coefficient (Wildman–Crippen LogP) is 4.84. The molecule has 4 rings (SSSR count). The van der Waals surface area contributed by atoms with E-state index in [1.807, 2.05) is 44.2 Å². The van der Waals surface area contributed by atoms with Crippen molar-refractivity contribution in [1.82, 2.24) is 9.88 Å². The number of nitrogens with zero attached hydrogens (tertiary/aromatic N) is 1. The molecule has 0 radical (unpaired) electrons. The summed E-state index contributed by atoms with van der Waals surface area (Å²) in [5.41, 5.74) is 3.17. The minimum absolute atomic E-state index is 0.0527. The van der Waals surface area contributed by atoms with Crippen LogP contribution in [-0.4, -0.2) is 29.1 Å². The molecular weight excluding hydrogens is 372 g/mol. The van der Waals surface area contributed by atoms with Gasteiger partial charge in [-0.15, -0.1) is 0 Å². The average Bonchev–Trinajstić information content (AvgIpc) is 2.69. The Morgan fingerprint density at radius 1 is 1.11 bits per heavy atom. The van der Waals surface area contributed by atoms with Gasteiger partial charge < -0.3 is 9.72 Å². The number of piperidine rings is 1. The number of halogens is 1. The summed E-state index contributed by atoms with van der Waals surface area (Å²) >= 11 is 6.29. The van der Waals surface area contributed by atoms with E-state index in [1.54, 1.807) is 6.20 Å². The molecule has 0 saturated carbocycles. The third-order valence-corrected chi connectivity index (χ3v) is 5.95. The molecule has 28 heavy (non-hydrogen) atoms. The summed E-state index contributed by atoms with van der Waals surface area (Å²) in [6.45, 7) is 6.86. The van der Waals surface area contributed by atoms with Crippen LogP contribution in [-0.2, 0) is 6.54 Å². The van der Waals surface area contributed by atoms with E-state index in [9.17, 15) is 4.79 Å². The van der Waals surface area contributed by atoms with Gasteiger partial charge in [0, 0.05) is 36.2 Å². The van der Waals surface area contributed by atoms with Gasteiger partial charge in [0.15, 0.2) is 0 Å². The second-order valence-electron chi connectivity index (χ2n) is 7.65. The Morgan fingerprint density at radius 3 is 2.61 bits per heavy atom. The van der Waals surface area contributed by atoms with E-state index in [-0.39, 0.29) is 11.7 Å². The van der Waals surface area contributed by atoms with Crippen molar-refractivity contribution in [3.63, 3.8) is 0 Å². The molecule has 1 aliphatic rings. The Labute approximate surface area is 170 Å². The number of aromatic amines is 1. The first-order chi connectivity index (χ1) is 13.5. The summed E-state index contributed by atoms with van der Waals surface area (Å²) < 4.78 is 6.35. The van der Waals surface area contributed by atoms with E-state index < -0.39 is 0 Å². The Morgan fingerprint density at radius 2 is 1.86 bits per heavy atom. The second kappa shape index (κ2) is 7.98. The number of hydrogen-bond acceptors (Lipinski definition) is 3. The minimum atomic E-state index is -0.0527. The molecule has 0 aliphatic carbocycles. The Bertz CT molecular complexity index is 1050. The predicted molar refractivity (Wildman–Crippen MR) is 114 cm³/mol. The lowest BCUT2D eigenvalue weighted by atomic mass is 10.0. The highest BCUT2D eigenvalue weighted by atomic mass is 35.5. The number of H-pyrrole nitrogens is 1. The van der Waals surface area contributed by atoms with Crippen molar-refractivity contribution in [2.24, 2.45) is 0 Å². The van der Waals surface area contributed by atoms with Gasteiger partial charge in [0.25, 0.3) is 5.56 Å². The van der Waals surface area contributed by atoms with Crippen LogP contribution in [0.5, 0.6) is 5.75 Å². The molecular formula is C23H25ClN2O2.